The Labute approximate surface area is 127 Å². The minimum absolute atomic E-state index is 0.482. The number of tetrazole rings is 1. The van der Waals surface area contributed by atoms with Crippen LogP contribution in [-0.4, -0.2) is 25.2 Å². The van der Waals surface area contributed by atoms with E-state index in [1.807, 2.05) is 30.3 Å². The highest BCUT2D eigenvalue weighted by molar-refractivity contribution is 14.1. The molecule has 2 aromatic heterocycles. The van der Waals surface area contributed by atoms with E-state index in [2.05, 4.69) is 43.0 Å². The highest BCUT2D eigenvalue weighted by Gasteiger charge is 2.08. The van der Waals surface area contributed by atoms with Crippen LogP contribution in [-0.2, 0) is 0 Å². The van der Waals surface area contributed by atoms with Crippen LogP contribution in [0.1, 0.15) is 0 Å². The van der Waals surface area contributed by atoms with Gasteiger partial charge in [0.2, 0.25) is 5.82 Å². The van der Waals surface area contributed by atoms with Crippen molar-refractivity contribution in [1.82, 2.24) is 25.2 Å². The summed E-state index contributed by atoms with van der Waals surface area (Å²) >= 11 is 8.25. The molecule has 0 N–H and O–H groups in total. The summed E-state index contributed by atoms with van der Waals surface area (Å²) in [7, 11) is 0. The Bertz CT molecular complexity index is 713. The fourth-order valence-electron chi connectivity index (χ4n) is 1.53. The zero-order chi connectivity index (χ0) is 13.2. The van der Waals surface area contributed by atoms with Gasteiger partial charge < -0.3 is 0 Å². The van der Waals surface area contributed by atoms with E-state index in [4.69, 9.17) is 11.6 Å². The van der Waals surface area contributed by atoms with E-state index in [1.165, 1.54) is 4.80 Å². The van der Waals surface area contributed by atoms with Gasteiger partial charge in [-0.2, -0.15) is 0 Å². The SMILES string of the molecule is Clc1cc(-n2nnc(-c3ccccn3)n2)ccc1I. The molecule has 2 heterocycles. The summed E-state index contributed by atoms with van der Waals surface area (Å²) in [6, 6.07) is 11.1. The Kier molecular flexibility index (Phi) is 3.43. The quantitative estimate of drug-likeness (QED) is 0.639. The Morgan fingerprint density at radius 2 is 2.05 bits per heavy atom. The summed E-state index contributed by atoms with van der Waals surface area (Å²) in [4.78, 5) is 5.62. The first kappa shape index (κ1) is 12.5. The van der Waals surface area contributed by atoms with Crippen LogP contribution in [0.5, 0.6) is 0 Å². The zero-order valence-corrected chi connectivity index (χ0v) is 12.4. The number of rotatable bonds is 2. The van der Waals surface area contributed by atoms with E-state index >= 15 is 0 Å². The average Bonchev–Trinajstić information content (AvgIpc) is 2.93. The van der Waals surface area contributed by atoms with Gasteiger partial charge in [0.15, 0.2) is 0 Å². The summed E-state index contributed by atoms with van der Waals surface area (Å²) < 4.78 is 0.980. The number of hydrogen-bond donors (Lipinski definition) is 0. The van der Waals surface area contributed by atoms with Crippen LogP contribution < -0.4 is 0 Å². The van der Waals surface area contributed by atoms with Crippen molar-refractivity contribution in [2.75, 3.05) is 0 Å². The third kappa shape index (κ3) is 2.59. The van der Waals surface area contributed by atoms with Crippen molar-refractivity contribution in [3.8, 4) is 17.2 Å². The lowest BCUT2D eigenvalue weighted by atomic mass is 10.3. The highest BCUT2D eigenvalue weighted by atomic mass is 127. The molecule has 0 spiro atoms. The van der Waals surface area contributed by atoms with Crippen LogP contribution in [0.4, 0.5) is 0 Å². The van der Waals surface area contributed by atoms with Gasteiger partial charge >= 0.3 is 0 Å². The molecule has 0 saturated carbocycles. The predicted molar refractivity (Wildman–Crippen MR) is 80.1 cm³/mol. The largest absolute Gasteiger partial charge is 0.253 e. The summed E-state index contributed by atoms with van der Waals surface area (Å²) in [5.41, 5.74) is 1.45. The molecule has 0 saturated heterocycles. The molecule has 0 bridgehead atoms. The van der Waals surface area contributed by atoms with Crippen LogP contribution in [0.3, 0.4) is 0 Å². The Hall–Kier alpha value is -1.54. The molecular weight excluding hydrogens is 377 g/mol. The molecule has 94 valence electrons. The van der Waals surface area contributed by atoms with Crippen molar-refractivity contribution < 1.29 is 0 Å². The van der Waals surface area contributed by atoms with E-state index in [-0.39, 0.29) is 0 Å². The van der Waals surface area contributed by atoms with Gasteiger partial charge in [0.1, 0.15) is 5.69 Å². The summed E-state index contributed by atoms with van der Waals surface area (Å²) in [5, 5.41) is 13.0. The number of aromatic nitrogens is 5. The maximum absolute atomic E-state index is 6.08. The van der Waals surface area contributed by atoms with Crippen molar-refractivity contribution in [1.29, 1.82) is 0 Å². The second kappa shape index (κ2) is 5.22. The molecule has 7 heteroatoms. The van der Waals surface area contributed by atoms with Crippen LogP contribution in [0.2, 0.25) is 5.02 Å². The molecule has 0 unspecified atom stereocenters. The smallest absolute Gasteiger partial charge is 0.223 e. The lowest BCUT2D eigenvalue weighted by Gasteiger charge is -2.00. The standard InChI is InChI=1S/C12H7ClIN5/c13-9-7-8(4-5-10(9)14)19-17-12(16-18-19)11-3-1-2-6-15-11/h1-7H. The molecule has 0 aliphatic carbocycles. The van der Waals surface area contributed by atoms with Crippen molar-refractivity contribution in [3.05, 3.63) is 51.2 Å². The molecular formula is C12H7ClIN5. The van der Waals surface area contributed by atoms with Crippen LogP contribution in [0, 0.1) is 3.57 Å². The minimum Gasteiger partial charge on any atom is -0.253 e. The number of nitrogens with zero attached hydrogens (tertiary/aromatic N) is 5. The number of halogens is 2. The van der Waals surface area contributed by atoms with E-state index in [0.717, 1.165) is 9.26 Å². The fourth-order valence-corrected chi connectivity index (χ4v) is 2.04. The molecule has 1 aromatic carbocycles. The van der Waals surface area contributed by atoms with Gasteiger partial charge in [0.05, 0.1) is 10.7 Å². The Balaban J connectivity index is 1.99. The number of hydrogen-bond acceptors (Lipinski definition) is 4. The van der Waals surface area contributed by atoms with Gasteiger partial charge in [0, 0.05) is 9.77 Å². The van der Waals surface area contributed by atoms with E-state index < -0.39 is 0 Å². The lowest BCUT2D eigenvalue weighted by molar-refractivity contribution is 0.720. The number of pyridine rings is 1. The van der Waals surface area contributed by atoms with E-state index in [1.54, 1.807) is 12.3 Å². The van der Waals surface area contributed by atoms with E-state index in [9.17, 15) is 0 Å². The Morgan fingerprint density at radius 1 is 1.16 bits per heavy atom. The van der Waals surface area contributed by atoms with Crippen molar-refractivity contribution in [3.63, 3.8) is 0 Å². The van der Waals surface area contributed by atoms with Crippen LogP contribution >= 0.6 is 34.2 Å². The molecule has 0 atom stereocenters. The van der Waals surface area contributed by atoms with Gasteiger partial charge in [0.25, 0.3) is 0 Å². The topological polar surface area (TPSA) is 56.5 Å². The van der Waals surface area contributed by atoms with Gasteiger partial charge in [-0.15, -0.1) is 15.0 Å². The third-order valence-electron chi connectivity index (χ3n) is 2.44. The van der Waals surface area contributed by atoms with Gasteiger partial charge in [-0.25, -0.2) is 0 Å². The first-order valence-corrected chi connectivity index (χ1v) is 6.86. The van der Waals surface area contributed by atoms with Crippen molar-refractivity contribution in [2.24, 2.45) is 0 Å². The molecule has 0 amide bonds. The molecule has 0 aliphatic rings. The molecule has 0 fully saturated rings. The van der Waals surface area contributed by atoms with Crippen molar-refractivity contribution >= 4 is 34.2 Å². The maximum Gasteiger partial charge on any atom is 0.223 e. The van der Waals surface area contributed by atoms with Crippen molar-refractivity contribution in [2.45, 2.75) is 0 Å². The second-order valence-corrected chi connectivity index (χ2v) is 5.29. The highest BCUT2D eigenvalue weighted by Crippen LogP contribution is 2.21. The zero-order valence-electron chi connectivity index (χ0n) is 9.53. The predicted octanol–water partition coefficient (Wildman–Crippen LogP) is 2.98. The molecule has 5 nitrogen and oxygen atoms in total. The molecule has 0 aliphatic heterocycles. The molecule has 19 heavy (non-hydrogen) atoms. The first-order valence-electron chi connectivity index (χ1n) is 5.41. The fraction of sp³-hybridized carbons (Fsp3) is 0. The summed E-state index contributed by atoms with van der Waals surface area (Å²) in [6.45, 7) is 0. The molecule has 3 rings (SSSR count). The third-order valence-corrected chi connectivity index (χ3v) is 4.01. The minimum atomic E-state index is 0.482. The second-order valence-electron chi connectivity index (χ2n) is 3.72. The summed E-state index contributed by atoms with van der Waals surface area (Å²) in [5.74, 6) is 0.482. The molecule has 0 radical (unpaired) electrons. The molecule has 3 aromatic rings. The lowest BCUT2D eigenvalue weighted by Crippen LogP contribution is -1.99. The summed E-state index contributed by atoms with van der Waals surface area (Å²) in [6.07, 6.45) is 1.69. The van der Waals surface area contributed by atoms with E-state index in [0.29, 0.717) is 16.5 Å². The maximum atomic E-state index is 6.08. The van der Waals surface area contributed by atoms with Gasteiger partial charge in [-0.3, -0.25) is 4.98 Å². The average molecular weight is 384 g/mol. The van der Waals surface area contributed by atoms with Gasteiger partial charge in [-0.05, 0) is 58.1 Å². The van der Waals surface area contributed by atoms with Crippen LogP contribution in [0.25, 0.3) is 17.2 Å². The van der Waals surface area contributed by atoms with Gasteiger partial charge in [-0.1, -0.05) is 17.7 Å². The number of benzene rings is 1. The monoisotopic (exact) mass is 383 g/mol. The first-order chi connectivity index (χ1) is 9.24. The Morgan fingerprint density at radius 3 is 2.79 bits per heavy atom. The normalized spacial score (nSPS) is 10.6. The van der Waals surface area contributed by atoms with Crippen LogP contribution in [0.15, 0.2) is 42.6 Å².